The number of anilines is 1. The van der Waals surface area contributed by atoms with Crippen LogP contribution >= 0.6 is 0 Å². The number of pyridine rings is 1. The average molecular weight is 307 g/mol. The van der Waals surface area contributed by atoms with Crippen LogP contribution in [-0.4, -0.2) is 15.3 Å². The van der Waals surface area contributed by atoms with E-state index in [1.807, 2.05) is 61.7 Å². The Morgan fingerprint density at radius 2 is 1.91 bits per heavy atom. The molecule has 0 bridgehead atoms. The van der Waals surface area contributed by atoms with Crippen LogP contribution < -0.4 is 5.32 Å². The van der Waals surface area contributed by atoms with E-state index >= 15 is 0 Å². The monoisotopic (exact) mass is 307 g/mol. The number of carbonyl (C=O) groups is 1. The van der Waals surface area contributed by atoms with E-state index in [0.717, 1.165) is 34.6 Å². The van der Waals surface area contributed by atoms with E-state index in [-0.39, 0.29) is 5.91 Å². The fourth-order valence-corrected chi connectivity index (χ4v) is 2.70. The molecule has 23 heavy (non-hydrogen) atoms. The minimum atomic E-state index is -0.122. The van der Waals surface area contributed by atoms with E-state index in [4.69, 9.17) is 0 Å². The molecule has 0 radical (unpaired) electrons. The van der Waals surface area contributed by atoms with Crippen molar-refractivity contribution in [1.29, 1.82) is 0 Å². The summed E-state index contributed by atoms with van der Waals surface area (Å²) in [6.45, 7) is 8.13. The smallest absolute Gasteiger partial charge is 0.274 e. The summed E-state index contributed by atoms with van der Waals surface area (Å²) in [6, 6.07) is 9.89. The Bertz CT molecular complexity index is 893. The van der Waals surface area contributed by atoms with Gasteiger partial charge >= 0.3 is 0 Å². The molecule has 0 aliphatic heterocycles. The van der Waals surface area contributed by atoms with Gasteiger partial charge in [0.25, 0.3) is 5.91 Å². The van der Waals surface area contributed by atoms with Crippen LogP contribution in [-0.2, 0) is 6.42 Å². The number of hydrogen-bond donors (Lipinski definition) is 1. The van der Waals surface area contributed by atoms with Crippen molar-refractivity contribution in [3.8, 4) is 0 Å². The van der Waals surface area contributed by atoms with Gasteiger partial charge in [-0.15, -0.1) is 0 Å². The summed E-state index contributed by atoms with van der Waals surface area (Å²) in [5.74, 6) is -0.122. The zero-order valence-corrected chi connectivity index (χ0v) is 14.0. The largest absolute Gasteiger partial charge is 0.321 e. The SMILES string of the molecule is CCc1nc2ccc(C)cn2c1C(=O)Nc1ccc(C)c(C)c1. The molecule has 0 aliphatic rings. The van der Waals surface area contributed by atoms with Gasteiger partial charge in [0.2, 0.25) is 0 Å². The van der Waals surface area contributed by atoms with Gasteiger partial charge in [-0.05, 0) is 62.1 Å². The van der Waals surface area contributed by atoms with Crippen molar-refractivity contribution in [1.82, 2.24) is 9.38 Å². The average Bonchev–Trinajstić information content (AvgIpc) is 2.88. The van der Waals surface area contributed by atoms with E-state index in [2.05, 4.69) is 17.2 Å². The van der Waals surface area contributed by atoms with Crippen LogP contribution in [0.1, 0.15) is 39.8 Å². The Kier molecular flexibility index (Phi) is 3.90. The molecular weight excluding hydrogens is 286 g/mol. The van der Waals surface area contributed by atoms with Crippen molar-refractivity contribution < 1.29 is 4.79 Å². The normalized spacial score (nSPS) is 11.0. The second-order valence-electron chi connectivity index (χ2n) is 5.95. The molecule has 0 saturated heterocycles. The Morgan fingerprint density at radius 3 is 2.61 bits per heavy atom. The molecule has 0 fully saturated rings. The van der Waals surface area contributed by atoms with Crippen molar-refractivity contribution in [2.45, 2.75) is 34.1 Å². The number of amides is 1. The van der Waals surface area contributed by atoms with Crippen LogP contribution in [0.2, 0.25) is 0 Å². The quantitative estimate of drug-likeness (QED) is 0.792. The highest BCUT2D eigenvalue weighted by molar-refractivity contribution is 6.04. The van der Waals surface area contributed by atoms with Crippen LogP contribution in [0.15, 0.2) is 36.5 Å². The first-order chi connectivity index (χ1) is 11.0. The number of fused-ring (bicyclic) bond motifs is 1. The fraction of sp³-hybridized carbons (Fsp3) is 0.263. The maximum Gasteiger partial charge on any atom is 0.274 e. The molecule has 118 valence electrons. The van der Waals surface area contributed by atoms with Gasteiger partial charge in [-0.3, -0.25) is 9.20 Å². The van der Waals surface area contributed by atoms with E-state index in [0.29, 0.717) is 5.69 Å². The number of nitrogens with one attached hydrogen (secondary N) is 1. The predicted octanol–water partition coefficient (Wildman–Crippen LogP) is 4.07. The lowest BCUT2D eigenvalue weighted by Gasteiger charge is -2.09. The summed E-state index contributed by atoms with van der Waals surface area (Å²) in [6.07, 6.45) is 2.67. The first kappa shape index (κ1) is 15.3. The molecule has 1 amide bonds. The van der Waals surface area contributed by atoms with Crippen LogP contribution in [0, 0.1) is 20.8 Å². The molecule has 0 spiro atoms. The zero-order chi connectivity index (χ0) is 16.6. The number of hydrogen-bond acceptors (Lipinski definition) is 2. The Hall–Kier alpha value is -2.62. The lowest BCUT2D eigenvalue weighted by atomic mass is 10.1. The summed E-state index contributed by atoms with van der Waals surface area (Å²) < 4.78 is 1.88. The highest BCUT2D eigenvalue weighted by atomic mass is 16.2. The molecule has 1 aromatic carbocycles. The van der Waals surface area contributed by atoms with Crippen LogP contribution in [0.3, 0.4) is 0 Å². The Balaban J connectivity index is 2.02. The predicted molar refractivity (Wildman–Crippen MR) is 93.2 cm³/mol. The summed E-state index contributed by atoms with van der Waals surface area (Å²) >= 11 is 0. The summed E-state index contributed by atoms with van der Waals surface area (Å²) in [4.78, 5) is 17.4. The number of aryl methyl sites for hydroxylation is 4. The van der Waals surface area contributed by atoms with Crippen molar-refractivity contribution >= 4 is 17.2 Å². The molecule has 3 rings (SSSR count). The third-order valence-corrected chi connectivity index (χ3v) is 4.15. The number of carbonyl (C=O) groups excluding carboxylic acids is 1. The van der Waals surface area contributed by atoms with Gasteiger partial charge in [0.05, 0.1) is 5.69 Å². The summed E-state index contributed by atoms with van der Waals surface area (Å²) in [5.41, 5.74) is 6.51. The molecule has 0 atom stereocenters. The maximum atomic E-state index is 12.8. The second-order valence-corrected chi connectivity index (χ2v) is 5.95. The van der Waals surface area contributed by atoms with Gasteiger partial charge in [0, 0.05) is 11.9 Å². The number of aromatic nitrogens is 2. The second kappa shape index (κ2) is 5.88. The maximum absolute atomic E-state index is 12.8. The van der Waals surface area contributed by atoms with E-state index in [1.54, 1.807) is 0 Å². The van der Waals surface area contributed by atoms with Gasteiger partial charge in [-0.1, -0.05) is 19.1 Å². The summed E-state index contributed by atoms with van der Waals surface area (Å²) in [5, 5.41) is 3.00. The van der Waals surface area contributed by atoms with Gasteiger partial charge < -0.3 is 5.32 Å². The first-order valence-corrected chi connectivity index (χ1v) is 7.85. The minimum Gasteiger partial charge on any atom is -0.321 e. The molecule has 0 saturated carbocycles. The van der Waals surface area contributed by atoms with Crippen LogP contribution in [0.25, 0.3) is 5.65 Å². The zero-order valence-electron chi connectivity index (χ0n) is 14.0. The molecule has 0 aliphatic carbocycles. The van der Waals surface area contributed by atoms with Crippen molar-refractivity contribution in [3.05, 3.63) is 64.6 Å². The lowest BCUT2D eigenvalue weighted by molar-refractivity contribution is 0.102. The number of benzene rings is 1. The van der Waals surface area contributed by atoms with Crippen LogP contribution in [0.5, 0.6) is 0 Å². The molecule has 4 heteroatoms. The van der Waals surface area contributed by atoms with Gasteiger partial charge in [-0.25, -0.2) is 4.98 Å². The third kappa shape index (κ3) is 2.84. The van der Waals surface area contributed by atoms with Gasteiger partial charge in [0.15, 0.2) is 0 Å². The van der Waals surface area contributed by atoms with Crippen LogP contribution in [0.4, 0.5) is 5.69 Å². The third-order valence-electron chi connectivity index (χ3n) is 4.15. The van der Waals surface area contributed by atoms with E-state index in [9.17, 15) is 4.79 Å². The first-order valence-electron chi connectivity index (χ1n) is 7.85. The van der Waals surface area contributed by atoms with Gasteiger partial charge in [0.1, 0.15) is 11.3 Å². The minimum absolute atomic E-state index is 0.122. The molecular formula is C19H21N3O. The van der Waals surface area contributed by atoms with Crippen molar-refractivity contribution in [3.63, 3.8) is 0 Å². The molecule has 2 aromatic heterocycles. The molecule has 1 N–H and O–H groups in total. The van der Waals surface area contributed by atoms with Crippen molar-refractivity contribution in [2.24, 2.45) is 0 Å². The van der Waals surface area contributed by atoms with Crippen molar-refractivity contribution in [2.75, 3.05) is 5.32 Å². The Labute approximate surface area is 136 Å². The topological polar surface area (TPSA) is 46.4 Å². The number of rotatable bonds is 3. The van der Waals surface area contributed by atoms with E-state index in [1.165, 1.54) is 5.56 Å². The lowest BCUT2D eigenvalue weighted by Crippen LogP contribution is -2.16. The van der Waals surface area contributed by atoms with Gasteiger partial charge in [-0.2, -0.15) is 0 Å². The summed E-state index contributed by atoms with van der Waals surface area (Å²) in [7, 11) is 0. The highest BCUT2D eigenvalue weighted by Gasteiger charge is 2.18. The molecule has 3 aromatic rings. The highest BCUT2D eigenvalue weighted by Crippen LogP contribution is 2.19. The Morgan fingerprint density at radius 1 is 1.13 bits per heavy atom. The number of nitrogens with zero attached hydrogens (tertiary/aromatic N) is 2. The molecule has 4 nitrogen and oxygen atoms in total. The fourth-order valence-electron chi connectivity index (χ4n) is 2.70. The standard InChI is InChI=1S/C19H21N3O/c1-5-16-18(22-11-12(2)6-9-17(22)21-16)19(23)20-15-8-7-13(3)14(4)10-15/h6-11H,5H2,1-4H3,(H,20,23). The van der Waals surface area contributed by atoms with E-state index < -0.39 is 0 Å². The molecule has 0 unspecified atom stereocenters. The molecule has 2 heterocycles. The number of imidazole rings is 1.